The van der Waals surface area contributed by atoms with Gasteiger partial charge in [-0.05, 0) is 63.3 Å². The van der Waals surface area contributed by atoms with Gasteiger partial charge in [0.05, 0.1) is 41.0 Å². The summed E-state index contributed by atoms with van der Waals surface area (Å²) >= 11 is 6.14. The van der Waals surface area contributed by atoms with Gasteiger partial charge in [-0.15, -0.1) is 6.58 Å². The van der Waals surface area contributed by atoms with Gasteiger partial charge in [-0.3, -0.25) is 14.4 Å². The second kappa shape index (κ2) is 12.5. The molecule has 2 aromatic carbocycles. The molecule has 38 heavy (non-hydrogen) atoms. The van der Waals surface area contributed by atoms with Gasteiger partial charge in [0.1, 0.15) is 17.6 Å². The van der Waals surface area contributed by atoms with E-state index in [0.29, 0.717) is 43.7 Å². The number of methoxy groups -OCH3 is 1. The maximum atomic E-state index is 13.4. The molecule has 3 rings (SSSR count). The maximum Gasteiger partial charge on any atom is 0.309 e. The number of hydrogen-bond acceptors (Lipinski definition) is 6. The first-order valence-corrected chi connectivity index (χ1v) is 12.5. The third kappa shape index (κ3) is 6.64. The molecule has 0 saturated heterocycles. The van der Waals surface area contributed by atoms with Crippen LogP contribution in [-0.4, -0.2) is 42.6 Å². The van der Waals surface area contributed by atoms with E-state index in [9.17, 15) is 24.8 Å². The van der Waals surface area contributed by atoms with Crippen molar-refractivity contribution < 1.29 is 29.0 Å². The molecule has 1 aliphatic rings. The standard InChI is InChI=1S/C28H30ClN3O6/c1-4-5-12-31-25(33)20-7-6-18(29)14-22(20)32-26(34)21-15-23(17(16-30)13-24(21)37-3)38-19-8-10-28(2,11-9-19)27(35)36/h4,6-7,13-15,19H,1,5,8-12H2,2-3H3,(H,31,33)(H,32,34)(H,35,36). The summed E-state index contributed by atoms with van der Waals surface area (Å²) in [5, 5.41) is 24.9. The van der Waals surface area contributed by atoms with E-state index < -0.39 is 17.3 Å². The number of carboxylic acids is 1. The van der Waals surface area contributed by atoms with Crippen molar-refractivity contribution in [3.8, 4) is 17.6 Å². The third-order valence-electron chi connectivity index (χ3n) is 6.62. The molecule has 200 valence electrons. The Kier molecular flexibility index (Phi) is 9.37. The fourth-order valence-electron chi connectivity index (χ4n) is 4.22. The van der Waals surface area contributed by atoms with Gasteiger partial charge in [-0.1, -0.05) is 17.7 Å². The highest BCUT2D eigenvalue weighted by Crippen LogP contribution is 2.39. The maximum absolute atomic E-state index is 13.4. The van der Waals surface area contributed by atoms with Gasteiger partial charge in [0.25, 0.3) is 11.8 Å². The van der Waals surface area contributed by atoms with Gasteiger partial charge in [0.15, 0.2) is 0 Å². The summed E-state index contributed by atoms with van der Waals surface area (Å²) in [7, 11) is 1.37. The number of nitrogens with zero attached hydrogens (tertiary/aromatic N) is 1. The zero-order chi connectivity index (χ0) is 27.9. The molecule has 3 N–H and O–H groups in total. The summed E-state index contributed by atoms with van der Waals surface area (Å²) < 4.78 is 11.4. The minimum absolute atomic E-state index is 0.0886. The van der Waals surface area contributed by atoms with Crippen LogP contribution < -0.4 is 20.1 Å². The molecule has 0 spiro atoms. The lowest BCUT2D eigenvalue weighted by molar-refractivity contribution is -0.150. The van der Waals surface area contributed by atoms with Crippen LogP contribution in [0.1, 0.15) is 65.3 Å². The van der Waals surface area contributed by atoms with E-state index in [2.05, 4.69) is 23.3 Å². The number of anilines is 1. The summed E-state index contributed by atoms with van der Waals surface area (Å²) in [6.45, 7) is 5.72. The zero-order valence-corrected chi connectivity index (χ0v) is 22.1. The number of carboxylic acid groups (broad SMARTS) is 1. The Hall–Kier alpha value is -4.03. The Morgan fingerprint density at radius 3 is 2.50 bits per heavy atom. The molecule has 1 aliphatic carbocycles. The van der Waals surface area contributed by atoms with Crippen molar-refractivity contribution in [1.82, 2.24) is 5.32 Å². The Morgan fingerprint density at radius 1 is 1.18 bits per heavy atom. The summed E-state index contributed by atoms with van der Waals surface area (Å²) in [6, 6.07) is 9.42. The molecule has 0 bridgehead atoms. The first-order valence-electron chi connectivity index (χ1n) is 12.1. The van der Waals surface area contributed by atoms with Crippen LogP contribution >= 0.6 is 11.6 Å². The highest BCUT2D eigenvalue weighted by atomic mass is 35.5. The lowest BCUT2D eigenvalue weighted by atomic mass is 9.75. The monoisotopic (exact) mass is 539 g/mol. The van der Waals surface area contributed by atoms with Gasteiger partial charge in [0.2, 0.25) is 0 Å². The SMILES string of the molecule is C=CCCNC(=O)c1ccc(Cl)cc1NC(=O)c1cc(OC2CCC(C)(C(=O)O)CC2)c(C#N)cc1OC. The molecule has 2 aromatic rings. The molecule has 0 aromatic heterocycles. The molecule has 0 atom stereocenters. The minimum Gasteiger partial charge on any atom is -0.496 e. The molecular weight excluding hydrogens is 510 g/mol. The highest BCUT2D eigenvalue weighted by Gasteiger charge is 2.38. The number of nitrogens with one attached hydrogen (secondary N) is 2. The van der Waals surface area contributed by atoms with Crippen molar-refractivity contribution in [2.75, 3.05) is 19.0 Å². The molecule has 0 unspecified atom stereocenters. The number of carbonyl (C=O) groups is 3. The van der Waals surface area contributed by atoms with Crippen LogP contribution in [0.25, 0.3) is 0 Å². The largest absolute Gasteiger partial charge is 0.496 e. The van der Waals surface area contributed by atoms with Crippen molar-refractivity contribution >= 4 is 35.1 Å². The van der Waals surface area contributed by atoms with Gasteiger partial charge >= 0.3 is 5.97 Å². The number of amides is 2. The lowest BCUT2D eigenvalue weighted by Crippen LogP contribution is -2.36. The minimum atomic E-state index is -0.841. The number of ether oxygens (including phenoxy) is 2. The summed E-state index contributed by atoms with van der Waals surface area (Å²) in [5.74, 6) is -1.49. The second-order valence-corrected chi connectivity index (χ2v) is 9.76. The zero-order valence-electron chi connectivity index (χ0n) is 21.3. The van der Waals surface area contributed by atoms with Crippen molar-refractivity contribution in [1.29, 1.82) is 5.26 Å². The van der Waals surface area contributed by atoms with E-state index in [-0.39, 0.29) is 45.9 Å². The number of nitriles is 1. The second-order valence-electron chi connectivity index (χ2n) is 9.32. The van der Waals surface area contributed by atoms with Gasteiger partial charge in [-0.2, -0.15) is 5.26 Å². The van der Waals surface area contributed by atoms with Crippen molar-refractivity contribution in [3.05, 3.63) is 64.7 Å². The van der Waals surface area contributed by atoms with E-state index in [1.54, 1.807) is 19.1 Å². The fraction of sp³-hybridized carbons (Fsp3) is 0.357. The fourth-order valence-corrected chi connectivity index (χ4v) is 4.39. The Morgan fingerprint density at radius 2 is 1.89 bits per heavy atom. The summed E-state index contributed by atoms with van der Waals surface area (Å²) in [6.07, 6.45) is 3.82. The lowest BCUT2D eigenvalue weighted by Gasteiger charge is -2.34. The van der Waals surface area contributed by atoms with E-state index in [1.165, 1.54) is 31.4 Å². The quantitative estimate of drug-likeness (QED) is 0.279. The number of aliphatic carboxylic acids is 1. The molecule has 10 heteroatoms. The first kappa shape index (κ1) is 28.5. The summed E-state index contributed by atoms with van der Waals surface area (Å²) in [4.78, 5) is 37.6. The molecule has 0 radical (unpaired) electrons. The van der Waals surface area contributed by atoms with Gasteiger partial charge in [0, 0.05) is 17.6 Å². The van der Waals surface area contributed by atoms with E-state index in [1.807, 2.05) is 0 Å². The van der Waals surface area contributed by atoms with Crippen molar-refractivity contribution in [2.24, 2.45) is 5.41 Å². The Balaban J connectivity index is 1.87. The van der Waals surface area contributed by atoms with E-state index in [4.69, 9.17) is 21.1 Å². The summed E-state index contributed by atoms with van der Waals surface area (Å²) in [5.41, 5.74) is -0.122. The van der Waals surface area contributed by atoms with Crippen LogP contribution in [0.3, 0.4) is 0 Å². The number of carbonyl (C=O) groups excluding carboxylic acids is 2. The smallest absolute Gasteiger partial charge is 0.309 e. The molecule has 0 heterocycles. The number of benzene rings is 2. The van der Waals surface area contributed by atoms with E-state index in [0.717, 1.165) is 0 Å². The topological polar surface area (TPSA) is 138 Å². The van der Waals surface area contributed by atoms with Gasteiger partial charge in [-0.25, -0.2) is 0 Å². The first-order chi connectivity index (χ1) is 18.1. The third-order valence-corrected chi connectivity index (χ3v) is 6.86. The molecule has 9 nitrogen and oxygen atoms in total. The molecule has 2 amide bonds. The normalized spacial score (nSPS) is 18.5. The molecular formula is C28H30ClN3O6. The number of hydrogen-bond donors (Lipinski definition) is 3. The molecule has 0 aliphatic heterocycles. The van der Waals surface area contributed by atoms with Crippen molar-refractivity contribution in [2.45, 2.75) is 45.1 Å². The number of halogens is 1. The average molecular weight is 540 g/mol. The molecule has 1 saturated carbocycles. The Labute approximate surface area is 226 Å². The van der Waals surface area contributed by atoms with Crippen LogP contribution in [-0.2, 0) is 4.79 Å². The van der Waals surface area contributed by atoms with Crippen LogP contribution in [0, 0.1) is 16.7 Å². The predicted octanol–water partition coefficient (Wildman–Crippen LogP) is 5.19. The van der Waals surface area contributed by atoms with Crippen LogP contribution in [0.15, 0.2) is 43.0 Å². The number of rotatable bonds is 10. The van der Waals surface area contributed by atoms with Crippen LogP contribution in [0.2, 0.25) is 5.02 Å². The highest BCUT2D eigenvalue weighted by molar-refractivity contribution is 6.31. The Bertz CT molecular complexity index is 1280. The van der Waals surface area contributed by atoms with Crippen LogP contribution in [0.5, 0.6) is 11.5 Å². The molecule has 1 fully saturated rings. The van der Waals surface area contributed by atoms with E-state index >= 15 is 0 Å². The van der Waals surface area contributed by atoms with Crippen molar-refractivity contribution in [3.63, 3.8) is 0 Å². The average Bonchev–Trinajstić information content (AvgIpc) is 2.89. The van der Waals surface area contributed by atoms with Gasteiger partial charge < -0.3 is 25.2 Å². The van der Waals surface area contributed by atoms with Crippen LogP contribution in [0.4, 0.5) is 5.69 Å². The predicted molar refractivity (Wildman–Crippen MR) is 143 cm³/mol.